The molecule has 0 aromatic heterocycles. The van der Waals surface area contributed by atoms with Crippen molar-refractivity contribution in [3.8, 4) is 0 Å². The molecular formula is C9H16O5. The lowest BCUT2D eigenvalue weighted by Gasteiger charge is -2.10. The Morgan fingerprint density at radius 1 is 1.14 bits per heavy atom. The highest BCUT2D eigenvalue weighted by atomic mass is 16.7. The van der Waals surface area contributed by atoms with E-state index in [9.17, 15) is 9.59 Å². The van der Waals surface area contributed by atoms with Crippen molar-refractivity contribution in [3.63, 3.8) is 0 Å². The van der Waals surface area contributed by atoms with Crippen LogP contribution in [0.2, 0.25) is 0 Å². The van der Waals surface area contributed by atoms with Crippen LogP contribution in [-0.2, 0) is 23.8 Å². The van der Waals surface area contributed by atoms with E-state index in [-0.39, 0.29) is 24.4 Å². The van der Waals surface area contributed by atoms with Crippen molar-refractivity contribution in [2.75, 3.05) is 27.9 Å². The van der Waals surface area contributed by atoms with E-state index in [0.29, 0.717) is 6.61 Å². The van der Waals surface area contributed by atoms with Crippen molar-refractivity contribution < 1.29 is 23.8 Å². The monoisotopic (exact) mass is 204 g/mol. The zero-order valence-corrected chi connectivity index (χ0v) is 8.74. The summed E-state index contributed by atoms with van der Waals surface area (Å²) in [6, 6.07) is 0. The van der Waals surface area contributed by atoms with Gasteiger partial charge in [0, 0.05) is 27.8 Å². The van der Waals surface area contributed by atoms with Gasteiger partial charge in [0.1, 0.15) is 5.78 Å². The number of ether oxygens (including phenoxy) is 3. The Bertz CT molecular complexity index is 186. The maximum absolute atomic E-state index is 11.3. The summed E-state index contributed by atoms with van der Waals surface area (Å²) in [5.41, 5.74) is 0. The van der Waals surface area contributed by atoms with Gasteiger partial charge in [-0.15, -0.1) is 0 Å². The smallest absolute Gasteiger partial charge is 0.217 e. The standard InChI is InChI=1S/C9H16O5/c1-12-5-4-7(10)6-8(11)9(13-2)14-3/h9H,4-6H2,1-3H3. The van der Waals surface area contributed by atoms with Crippen molar-refractivity contribution >= 4 is 11.6 Å². The molecule has 0 N–H and O–H groups in total. The van der Waals surface area contributed by atoms with Crippen LogP contribution in [-0.4, -0.2) is 45.8 Å². The first-order valence-electron chi connectivity index (χ1n) is 4.24. The summed E-state index contributed by atoms with van der Waals surface area (Å²) in [5, 5.41) is 0. The highest BCUT2D eigenvalue weighted by molar-refractivity contribution is 6.00. The minimum Gasteiger partial charge on any atom is -0.384 e. The van der Waals surface area contributed by atoms with Crippen LogP contribution in [0.15, 0.2) is 0 Å². The van der Waals surface area contributed by atoms with Crippen molar-refractivity contribution in [2.45, 2.75) is 19.1 Å². The fourth-order valence-electron chi connectivity index (χ4n) is 0.941. The van der Waals surface area contributed by atoms with Gasteiger partial charge in [-0.2, -0.15) is 0 Å². The van der Waals surface area contributed by atoms with Crippen LogP contribution < -0.4 is 0 Å². The second-order valence-corrected chi connectivity index (χ2v) is 2.73. The van der Waals surface area contributed by atoms with Crippen molar-refractivity contribution in [1.29, 1.82) is 0 Å². The molecule has 0 aromatic rings. The van der Waals surface area contributed by atoms with E-state index >= 15 is 0 Å². The molecule has 0 saturated carbocycles. The maximum atomic E-state index is 11.3. The topological polar surface area (TPSA) is 61.8 Å². The molecular weight excluding hydrogens is 188 g/mol. The molecule has 0 aromatic carbocycles. The van der Waals surface area contributed by atoms with E-state index in [4.69, 9.17) is 14.2 Å². The van der Waals surface area contributed by atoms with Gasteiger partial charge in [-0.1, -0.05) is 0 Å². The Hall–Kier alpha value is -0.780. The molecule has 0 atom stereocenters. The van der Waals surface area contributed by atoms with Gasteiger partial charge in [-0.05, 0) is 0 Å². The molecule has 82 valence electrons. The van der Waals surface area contributed by atoms with Gasteiger partial charge in [-0.25, -0.2) is 0 Å². The van der Waals surface area contributed by atoms with Crippen LogP contribution in [0.5, 0.6) is 0 Å². The number of carbonyl (C=O) groups is 2. The molecule has 0 aliphatic rings. The number of Topliss-reactive ketones (excluding diaryl/α,β-unsaturated/α-hetero) is 2. The summed E-state index contributed by atoms with van der Waals surface area (Å²) in [6.45, 7) is 0.330. The SMILES string of the molecule is COCCC(=O)CC(=O)C(OC)OC. The molecule has 0 aliphatic heterocycles. The van der Waals surface area contributed by atoms with Crippen LogP contribution in [0.1, 0.15) is 12.8 Å². The predicted molar refractivity (Wildman–Crippen MR) is 48.9 cm³/mol. The molecule has 5 nitrogen and oxygen atoms in total. The third-order valence-electron chi connectivity index (χ3n) is 1.65. The van der Waals surface area contributed by atoms with Gasteiger partial charge in [0.2, 0.25) is 6.29 Å². The van der Waals surface area contributed by atoms with Crippen LogP contribution in [0.25, 0.3) is 0 Å². The summed E-state index contributed by atoms with van der Waals surface area (Å²) < 4.78 is 14.1. The summed E-state index contributed by atoms with van der Waals surface area (Å²) in [4.78, 5) is 22.4. The van der Waals surface area contributed by atoms with Gasteiger partial charge >= 0.3 is 0 Å². The molecule has 0 fully saturated rings. The summed E-state index contributed by atoms with van der Waals surface area (Å²) >= 11 is 0. The lowest BCUT2D eigenvalue weighted by atomic mass is 10.1. The van der Waals surface area contributed by atoms with Gasteiger partial charge in [0.25, 0.3) is 0 Å². The predicted octanol–water partition coefficient (Wildman–Crippen LogP) is 0.170. The fourth-order valence-corrected chi connectivity index (χ4v) is 0.941. The van der Waals surface area contributed by atoms with E-state index in [2.05, 4.69) is 0 Å². The van der Waals surface area contributed by atoms with E-state index in [1.807, 2.05) is 0 Å². The molecule has 5 heteroatoms. The quantitative estimate of drug-likeness (QED) is 0.416. The molecule has 0 amide bonds. The van der Waals surface area contributed by atoms with E-state index in [1.165, 1.54) is 21.3 Å². The normalized spacial score (nSPS) is 10.6. The molecule has 14 heavy (non-hydrogen) atoms. The van der Waals surface area contributed by atoms with Crippen LogP contribution >= 0.6 is 0 Å². The highest BCUT2D eigenvalue weighted by Crippen LogP contribution is 2.00. The highest BCUT2D eigenvalue weighted by Gasteiger charge is 2.19. The fraction of sp³-hybridized carbons (Fsp3) is 0.778. The molecule has 0 aliphatic carbocycles. The molecule has 0 rings (SSSR count). The minimum atomic E-state index is -0.943. The lowest BCUT2D eigenvalue weighted by molar-refractivity contribution is -0.158. The van der Waals surface area contributed by atoms with E-state index < -0.39 is 6.29 Å². The molecule has 0 unspecified atom stereocenters. The Kier molecular flexibility index (Phi) is 7.18. The summed E-state index contributed by atoms with van der Waals surface area (Å²) in [6.07, 6.45) is -0.876. The Labute approximate surface area is 83.3 Å². The summed E-state index contributed by atoms with van der Waals surface area (Å²) in [5.74, 6) is -0.535. The number of carbonyl (C=O) groups excluding carboxylic acids is 2. The zero-order chi connectivity index (χ0) is 11.0. The molecule has 0 heterocycles. The second kappa shape index (κ2) is 7.61. The summed E-state index contributed by atoms with van der Waals surface area (Å²) in [7, 11) is 4.21. The van der Waals surface area contributed by atoms with Crippen molar-refractivity contribution in [3.05, 3.63) is 0 Å². The molecule has 0 saturated heterocycles. The number of hydrogen-bond donors (Lipinski definition) is 0. The first kappa shape index (κ1) is 13.2. The average molecular weight is 204 g/mol. The van der Waals surface area contributed by atoms with Crippen molar-refractivity contribution in [2.24, 2.45) is 0 Å². The van der Waals surface area contributed by atoms with Crippen LogP contribution in [0, 0.1) is 0 Å². The molecule has 0 radical (unpaired) electrons. The maximum Gasteiger partial charge on any atom is 0.217 e. The lowest BCUT2D eigenvalue weighted by Crippen LogP contribution is -2.27. The Balaban J connectivity index is 3.86. The van der Waals surface area contributed by atoms with Gasteiger partial charge < -0.3 is 14.2 Å². The zero-order valence-electron chi connectivity index (χ0n) is 8.74. The van der Waals surface area contributed by atoms with Crippen LogP contribution in [0.3, 0.4) is 0 Å². The number of ketones is 2. The first-order chi connectivity index (χ1) is 6.65. The Morgan fingerprint density at radius 3 is 2.14 bits per heavy atom. The number of hydrogen-bond acceptors (Lipinski definition) is 5. The second-order valence-electron chi connectivity index (χ2n) is 2.73. The van der Waals surface area contributed by atoms with Crippen LogP contribution in [0.4, 0.5) is 0 Å². The number of methoxy groups -OCH3 is 3. The molecule has 0 spiro atoms. The Morgan fingerprint density at radius 2 is 1.71 bits per heavy atom. The first-order valence-corrected chi connectivity index (χ1v) is 4.24. The van der Waals surface area contributed by atoms with Gasteiger partial charge in [-0.3, -0.25) is 9.59 Å². The van der Waals surface area contributed by atoms with E-state index in [1.54, 1.807) is 0 Å². The third kappa shape index (κ3) is 5.06. The van der Waals surface area contributed by atoms with Crippen molar-refractivity contribution in [1.82, 2.24) is 0 Å². The number of rotatable bonds is 8. The largest absolute Gasteiger partial charge is 0.384 e. The third-order valence-corrected chi connectivity index (χ3v) is 1.65. The van der Waals surface area contributed by atoms with E-state index in [0.717, 1.165) is 0 Å². The van der Waals surface area contributed by atoms with Gasteiger partial charge in [0.05, 0.1) is 13.0 Å². The minimum absolute atomic E-state index is 0.170. The average Bonchev–Trinajstić information content (AvgIpc) is 2.16. The van der Waals surface area contributed by atoms with Gasteiger partial charge in [0.15, 0.2) is 5.78 Å². The molecule has 0 bridgehead atoms.